The molecular weight excluding hydrogens is 323 g/mol. The van der Waals surface area contributed by atoms with Crippen LogP contribution in [-0.2, 0) is 6.54 Å². The molecule has 9 nitrogen and oxygen atoms in total. The third kappa shape index (κ3) is 3.61. The van der Waals surface area contributed by atoms with Gasteiger partial charge >= 0.3 is 0 Å². The van der Waals surface area contributed by atoms with E-state index in [1.165, 1.54) is 18.2 Å². The molecule has 0 aliphatic heterocycles. The van der Waals surface area contributed by atoms with Gasteiger partial charge in [-0.2, -0.15) is 0 Å². The number of halogens is 1. The van der Waals surface area contributed by atoms with Gasteiger partial charge in [-0.1, -0.05) is 12.1 Å². The molecule has 24 heavy (non-hydrogen) atoms. The van der Waals surface area contributed by atoms with Gasteiger partial charge in [-0.15, -0.1) is 0 Å². The van der Waals surface area contributed by atoms with Crippen molar-refractivity contribution in [3.05, 3.63) is 73.6 Å². The summed E-state index contributed by atoms with van der Waals surface area (Å²) in [6.45, 7) is -0.0930. The van der Waals surface area contributed by atoms with Crippen LogP contribution in [-0.4, -0.2) is 15.8 Å². The third-order valence-electron chi connectivity index (χ3n) is 3.14. The number of nitrogens with two attached hydrogens (primary N) is 1. The van der Waals surface area contributed by atoms with E-state index >= 15 is 0 Å². The van der Waals surface area contributed by atoms with Crippen LogP contribution in [0.2, 0.25) is 0 Å². The van der Waals surface area contributed by atoms with Gasteiger partial charge in [0, 0.05) is 18.7 Å². The summed E-state index contributed by atoms with van der Waals surface area (Å²) in [6.07, 6.45) is 0. The van der Waals surface area contributed by atoms with Crippen molar-refractivity contribution >= 4 is 23.0 Å². The Morgan fingerprint density at radius 1 is 1.17 bits per heavy atom. The lowest BCUT2D eigenvalue weighted by molar-refractivity contribution is -0.384. The standard InChI is InChI=1S/C14H11FN4O5/c15-9-5-11(13(16)12(6-9)19(23)24)14(20)17-7-8-2-1-3-10(4-8)18(21)22/h1-6H,7,16H2,(H,17,20). The van der Waals surface area contributed by atoms with E-state index in [9.17, 15) is 29.4 Å². The van der Waals surface area contributed by atoms with Gasteiger partial charge in [0.2, 0.25) is 0 Å². The molecule has 0 spiro atoms. The number of rotatable bonds is 5. The smallest absolute Gasteiger partial charge is 0.295 e. The SMILES string of the molecule is Nc1c(C(=O)NCc2cccc([N+](=O)[O-])c2)cc(F)cc1[N+](=O)[O-]. The fourth-order valence-electron chi connectivity index (χ4n) is 2.00. The fraction of sp³-hybridized carbons (Fsp3) is 0.0714. The molecule has 0 unspecified atom stereocenters. The Morgan fingerprint density at radius 3 is 2.50 bits per heavy atom. The lowest BCUT2D eigenvalue weighted by Crippen LogP contribution is -2.24. The maximum absolute atomic E-state index is 13.4. The molecule has 3 N–H and O–H groups in total. The van der Waals surface area contributed by atoms with Crippen molar-refractivity contribution in [2.45, 2.75) is 6.54 Å². The molecule has 2 rings (SSSR count). The zero-order valence-corrected chi connectivity index (χ0v) is 12.1. The molecular formula is C14H11FN4O5. The van der Waals surface area contributed by atoms with Crippen LogP contribution in [0.15, 0.2) is 36.4 Å². The molecule has 2 aromatic rings. The van der Waals surface area contributed by atoms with E-state index in [2.05, 4.69) is 5.32 Å². The zero-order chi connectivity index (χ0) is 17.9. The van der Waals surface area contributed by atoms with E-state index in [-0.39, 0.29) is 17.8 Å². The Bertz CT molecular complexity index is 840. The van der Waals surface area contributed by atoms with Crippen molar-refractivity contribution in [2.75, 3.05) is 5.73 Å². The minimum Gasteiger partial charge on any atom is -0.393 e. The minimum atomic E-state index is -0.976. The summed E-state index contributed by atoms with van der Waals surface area (Å²) < 4.78 is 13.4. The number of nitro benzene ring substituents is 2. The van der Waals surface area contributed by atoms with E-state index in [0.29, 0.717) is 11.6 Å². The van der Waals surface area contributed by atoms with Crippen LogP contribution in [0.4, 0.5) is 21.5 Å². The summed E-state index contributed by atoms with van der Waals surface area (Å²) in [5.74, 6) is -1.81. The maximum atomic E-state index is 13.4. The highest BCUT2D eigenvalue weighted by Gasteiger charge is 2.21. The number of non-ortho nitro benzene ring substituents is 1. The first kappa shape index (κ1) is 16.8. The van der Waals surface area contributed by atoms with E-state index < -0.39 is 32.9 Å². The van der Waals surface area contributed by atoms with Gasteiger partial charge in [0.25, 0.3) is 17.3 Å². The number of anilines is 1. The summed E-state index contributed by atoms with van der Waals surface area (Å²) in [5.41, 5.74) is 4.26. The number of amides is 1. The highest BCUT2D eigenvalue weighted by atomic mass is 19.1. The van der Waals surface area contributed by atoms with Gasteiger partial charge in [0.1, 0.15) is 11.5 Å². The minimum absolute atomic E-state index is 0.0930. The van der Waals surface area contributed by atoms with Crippen molar-refractivity contribution in [2.24, 2.45) is 0 Å². The summed E-state index contributed by atoms with van der Waals surface area (Å²) in [6, 6.07) is 6.94. The molecule has 0 saturated heterocycles. The third-order valence-corrected chi connectivity index (χ3v) is 3.14. The van der Waals surface area contributed by atoms with Crippen LogP contribution < -0.4 is 11.1 Å². The van der Waals surface area contributed by atoms with E-state index in [0.717, 1.165) is 6.07 Å². The number of nitrogen functional groups attached to an aromatic ring is 1. The summed E-state index contributed by atoms with van der Waals surface area (Å²) in [5, 5.41) is 23.9. The zero-order valence-electron chi connectivity index (χ0n) is 12.1. The Balaban J connectivity index is 2.20. The second kappa shape index (κ2) is 6.69. The molecule has 2 aromatic carbocycles. The molecule has 0 aliphatic carbocycles. The van der Waals surface area contributed by atoms with Crippen molar-refractivity contribution in [3.8, 4) is 0 Å². The monoisotopic (exact) mass is 334 g/mol. The van der Waals surface area contributed by atoms with Gasteiger partial charge in [0.15, 0.2) is 0 Å². The molecule has 124 valence electrons. The van der Waals surface area contributed by atoms with E-state index in [1.54, 1.807) is 6.07 Å². The van der Waals surface area contributed by atoms with Crippen molar-refractivity contribution in [1.82, 2.24) is 5.32 Å². The number of carbonyl (C=O) groups excluding carboxylic acids is 1. The first-order chi connectivity index (χ1) is 11.3. The van der Waals surface area contributed by atoms with Crippen molar-refractivity contribution < 1.29 is 19.0 Å². The Kier molecular flexibility index (Phi) is 4.68. The van der Waals surface area contributed by atoms with Crippen LogP contribution >= 0.6 is 0 Å². The van der Waals surface area contributed by atoms with Crippen LogP contribution in [0.3, 0.4) is 0 Å². The number of nitro groups is 2. The van der Waals surface area contributed by atoms with Crippen LogP contribution in [0.25, 0.3) is 0 Å². The summed E-state index contributed by atoms with van der Waals surface area (Å²) >= 11 is 0. The lowest BCUT2D eigenvalue weighted by Gasteiger charge is -2.08. The molecule has 0 bridgehead atoms. The number of hydrogen-bond donors (Lipinski definition) is 2. The van der Waals surface area contributed by atoms with Gasteiger partial charge in [0.05, 0.1) is 21.5 Å². The highest BCUT2D eigenvalue weighted by molar-refractivity contribution is 6.01. The van der Waals surface area contributed by atoms with Crippen LogP contribution in [0.5, 0.6) is 0 Å². The quantitative estimate of drug-likeness (QED) is 0.487. The normalized spacial score (nSPS) is 10.2. The topological polar surface area (TPSA) is 141 Å². The van der Waals surface area contributed by atoms with E-state index in [4.69, 9.17) is 5.73 Å². The van der Waals surface area contributed by atoms with Crippen molar-refractivity contribution in [3.63, 3.8) is 0 Å². The number of carbonyl (C=O) groups is 1. The molecule has 0 aromatic heterocycles. The average molecular weight is 334 g/mol. The highest BCUT2D eigenvalue weighted by Crippen LogP contribution is 2.26. The first-order valence-electron chi connectivity index (χ1n) is 6.54. The second-order valence-electron chi connectivity index (χ2n) is 4.75. The van der Waals surface area contributed by atoms with Crippen molar-refractivity contribution in [1.29, 1.82) is 0 Å². The van der Waals surface area contributed by atoms with Gasteiger partial charge in [-0.25, -0.2) is 4.39 Å². The largest absolute Gasteiger partial charge is 0.393 e. The summed E-state index contributed by atoms with van der Waals surface area (Å²) in [4.78, 5) is 32.1. The number of nitrogens with zero attached hydrogens (tertiary/aromatic N) is 2. The van der Waals surface area contributed by atoms with Gasteiger partial charge in [-0.05, 0) is 11.6 Å². The molecule has 0 saturated carbocycles. The number of benzene rings is 2. The van der Waals surface area contributed by atoms with E-state index in [1.807, 2.05) is 0 Å². The number of nitrogens with one attached hydrogen (secondary N) is 1. The Labute approximate surface area is 134 Å². The molecule has 0 fully saturated rings. The maximum Gasteiger partial charge on any atom is 0.295 e. The Hall–Kier alpha value is -3.56. The molecule has 1 amide bonds. The molecule has 0 aliphatic rings. The molecule has 0 heterocycles. The molecule has 0 atom stereocenters. The Morgan fingerprint density at radius 2 is 1.88 bits per heavy atom. The lowest BCUT2D eigenvalue weighted by atomic mass is 10.1. The fourth-order valence-corrected chi connectivity index (χ4v) is 2.00. The summed E-state index contributed by atoms with van der Waals surface area (Å²) in [7, 11) is 0. The number of hydrogen-bond acceptors (Lipinski definition) is 6. The predicted molar refractivity (Wildman–Crippen MR) is 81.7 cm³/mol. The molecule has 10 heteroatoms. The van der Waals surface area contributed by atoms with Gasteiger partial charge in [-0.3, -0.25) is 25.0 Å². The predicted octanol–water partition coefficient (Wildman–Crippen LogP) is 2.15. The first-order valence-corrected chi connectivity index (χ1v) is 6.54. The average Bonchev–Trinajstić information content (AvgIpc) is 2.54. The van der Waals surface area contributed by atoms with Crippen LogP contribution in [0.1, 0.15) is 15.9 Å². The second-order valence-corrected chi connectivity index (χ2v) is 4.75. The van der Waals surface area contributed by atoms with Crippen LogP contribution in [0, 0.1) is 26.0 Å². The molecule has 0 radical (unpaired) electrons. The van der Waals surface area contributed by atoms with Gasteiger partial charge < -0.3 is 11.1 Å².